The second-order valence-corrected chi connectivity index (χ2v) is 6.23. The number of methoxy groups -OCH3 is 1. The molecule has 1 amide bonds. The zero-order valence-electron chi connectivity index (χ0n) is 12.1. The van der Waals surface area contributed by atoms with Crippen LogP contribution in [0.25, 0.3) is 6.08 Å². The Labute approximate surface area is 137 Å². The maximum Gasteiger partial charge on any atom is 0.326 e. The molecule has 0 spiro atoms. The number of carboxylic acid groups (broad SMARTS) is 1. The van der Waals surface area contributed by atoms with Crippen molar-refractivity contribution in [3.63, 3.8) is 0 Å². The van der Waals surface area contributed by atoms with Crippen molar-refractivity contribution in [2.75, 3.05) is 7.11 Å². The molecule has 22 heavy (non-hydrogen) atoms. The Balaban J connectivity index is 2.35. The number of hydrogen-bond acceptors (Lipinski definition) is 5. The lowest BCUT2D eigenvalue weighted by Gasteiger charge is -2.21. The van der Waals surface area contributed by atoms with Gasteiger partial charge in [0.05, 0.1) is 12.0 Å². The summed E-state index contributed by atoms with van der Waals surface area (Å²) in [5, 5.41) is 9.23. The van der Waals surface area contributed by atoms with Crippen LogP contribution in [-0.2, 0) is 9.59 Å². The second kappa shape index (κ2) is 6.93. The van der Waals surface area contributed by atoms with Crippen molar-refractivity contribution in [2.24, 2.45) is 0 Å². The first-order chi connectivity index (χ1) is 10.5. The Morgan fingerprint density at radius 1 is 1.50 bits per heavy atom. The summed E-state index contributed by atoms with van der Waals surface area (Å²) in [7, 11) is 1.55. The minimum absolute atomic E-state index is 0.264. The topological polar surface area (TPSA) is 66.8 Å². The van der Waals surface area contributed by atoms with Crippen LogP contribution in [0.3, 0.4) is 0 Å². The molecule has 1 aromatic carbocycles. The Morgan fingerprint density at radius 3 is 2.77 bits per heavy atom. The molecule has 1 aliphatic rings. The van der Waals surface area contributed by atoms with E-state index in [0.29, 0.717) is 17.1 Å². The average molecular weight is 337 g/mol. The normalized spacial score (nSPS) is 17.9. The van der Waals surface area contributed by atoms with Crippen molar-refractivity contribution < 1.29 is 19.4 Å². The van der Waals surface area contributed by atoms with Gasteiger partial charge in [-0.1, -0.05) is 49.1 Å². The number of nitrogens with zero attached hydrogens (tertiary/aromatic N) is 1. The van der Waals surface area contributed by atoms with Crippen LogP contribution in [0.2, 0.25) is 0 Å². The number of benzene rings is 1. The van der Waals surface area contributed by atoms with E-state index in [-0.39, 0.29) is 10.2 Å². The van der Waals surface area contributed by atoms with Crippen LogP contribution in [0.4, 0.5) is 0 Å². The van der Waals surface area contributed by atoms with E-state index < -0.39 is 12.0 Å². The summed E-state index contributed by atoms with van der Waals surface area (Å²) in [5.41, 5.74) is 0.744. The van der Waals surface area contributed by atoms with Crippen molar-refractivity contribution in [3.8, 4) is 5.75 Å². The Morgan fingerprint density at radius 2 is 2.18 bits per heavy atom. The molecule has 1 aliphatic heterocycles. The summed E-state index contributed by atoms with van der Waals surface area (Å²) in [6, 6.07) is 6.34. The summed E-state index contributed by atoms with van der Waals surface area (Å²) < 4.78 is 5.51. The van der Waals surface area contributed by atoms with Crippen LogP contribution < -0.4 is 4.74 Å². The van der Waals surface area contributed by atoms with Crippen molar-refractivity contribution in [1.82, 2.24) is 4.90 Å². The number of thiocarbonyl (C=S) groups is 1. The molecule has 7 heteroatoms. The molecule has 0 radical (unpaired) electrons. The van der Waals surface area contributed by atoms with E-state index >= 15 is 0 Å². The molecule has 1 aromatic rings. The lowest BCUT2D eigenvalue weighted by atomic mass is 10.1. The molecule has 1 fully saturated rings. The maximum atomic E-state index is 12.5. The first-order valence-corrected chi connectivity index (χ1v) is 7.85. The Kier molecular flexibility index (Phi) is 5.20. The highest BCUT2D eigenvalue weighted by atomic mass is 32.2. The Bertz CT molecular complexity index is 657. The van der Waals surface area contributed by atoms with Gasteiger partial charge in [-0.3, -0.25) is 9.69 Å². The number of amides is 1. The highest BCUT2D eigenvalue weighted by Gasteiger charge is 2.39. The van der Waals surface area contributed by atoms with Crippen molar-refractivity contribution in [1.29, 1.82) is 0 Å². The van der Waals surface area contributed by atoms with Gasteiger partial charge in [-0.2, -0.15) is 0 Å². The summed E-state index contributed by atoms with van der Waals surface area (Å²) in [6.45, 7) is 1.71. The molecule has 1 atom stereocenters. The predicted octanol–water partition coefficient (Wildman–Crippen LogP) is 2.76. The standard InChI is InChI=1S/C15H15NO4S2/c1-3-10(14(18)19)16-13(17)12(22-15(16)21)8-9-6-4-5-7-11(9)20-2/h4-8,10H,3H2,1-2H3,(H,18,19). The molecule has 116 valence electrons. The van der Waals surface area contributed by atoms with Gasteiger partial charge in [0.15, 0.2) is 0 Å². The lowest BCUT2D eigenvalue weighted by Crippen LogP contribution is -2.43. The van der Waals surface area contributed by atoms with Gasteiger partial charge in [-0.05, 0) is 18.6 Å². The third-order valence-electron chi connectivity index (χ3n) is 3.23. The fourth-order valence-electron chi connectivity index (χ4n) is 2.14. The number of aliphatic carboxylic acids is 1. The molecule has 0 saturated carbocycles. The van der Waals surface area contributed by atoms with Crippen LogP contribution in [0.15, 0.2) is 29.2 Å². The number of carbonyl (C=O) groups is 2. The second-order valence-electron chi connectivity index (χ2n) is 4.56. The highest BCUT2D eigenvalue weighted by Crippen LogP contribution is 2.35. The van der Waals surface area contributed by atoms with E-state index in [0.717, 1.165) is 17.3 Å². The number of carboxylic acids is 1. The number of rotatable bonds is 5. The molecule has 2 rings (SSSR count). The summed E-state index contributed by atoms with van der Waals surface area (Å²) in [4.78, 5) is 25.3. The summed E-state index contributed by atoms with van der Waals surface area (Å²) >= 11 is 6.27. The van der Waals surface area contributed by atoms with Crippen LogP contribution >= 0.6 is 24.0 Å². The minimum Gasteiger partial charge on any atom is -0.496 e. The molecule has 1 heterocycles. The van der Waals surface area contributed by atoms with Gasteiger partial charge < -0.3 is 9.84 Å². The Hall–Kier alpha value is -1.86. The van der Waals surface area contributed by atoms with Crippen molar-refractivity contribution in [3.05, 3.63) is 34.7 Å². The van der Waals surface area contributed by atoms with E-state index in [4.69, 9.17) is 17.0 Å². The number of para-hydroxylation sites is 1. The van der Waals surface area contributed by atoms with E-state index in [2.05, 4.69) is 0 Å². The van der Waals surface area contributed by atoms with Gasteiger partial charge in [0.25, 0.3) is 5.91 Å². The SMILES string of the molecule is CCC(C(=O)O)N1C(=O)C(=Cc2ccccc2OC)SC1=S. The molecular formula is C15H15NO4S2. The first kappa shape index (κ1) is 16.5. The molecule has 0 aliphatic carbocycles. The van der Waals surface area contributed by atoms with Crippen LogP contribution in [0.5, 0.6) is 5.75 Å². The molecule has 1 unspecified atom stereocenters. The fourth-order valence-corrected chi connectivity index (χ4v) is 3.49. The predicted molar refractivity (Wildman–Crippen MR) is 89.7 cm³/mol. The van der Waals surface area contributed by atoms with Crippen molar-refractivity contribution in [2.45, 2.75) is 19.4 Å². The minimum atomic E-state index is -1.06. The van der Waals surface area contributed by atoms with E-state index in [1.807, 2.05) is 18.2 Å². The first-order valence-electron chi connectivity index (χ1n) is 6.62. The van der Waals surface area contributed by atoms with E-state index in [1.165, 1.54) is 4.90 Å². The van der Waals surface area contributed by atoms with Gasteiger partial charge in [0.2, 0.25) is 0 Å². The van der Waals surface area contributed by atoms with Crippen LogP contribution in [0.1, 0.15) is 18.9 Å². The van der Waals surface area contributed by atoms with Crippen LogP contribution in [0, 0.1) is 0 Å². The number of thioether (sulfide) groups is 1. The number of carbonyl (C=O) groups excluding carboxylic acids is 1. The molecule has 1 saturated heterocycles. The molecule has 0 aromatic heterocycles. The zero-order chi connectivity index (χ0) is 16.3. The highest BCUT2D eigenvalue weighted by molar-refractivity contribution is 8.26. The van der Waals surface area contributed by atoms with E-state index in [1.54, 1.807) is 26.2 Å². The quantitative estimate of drug-likeness (QED) is 0.658. The van der Waals surface area contributed by atoms with Gasteiger partial charge in [0, 0.05) is 5.56 Å². The van der Waals surface area contributed by atoms with Gasteiger partial charge >= 0.3 is 5.97 Å². The number of hydrogen-bond donors (Lipinski definition) is 1. The molecule has 0 bridgehead atoms. The third kappa shape index (κ3) is 3.15. The summed E-state index contributed by atoms with van der Waals surface area (Å²) in [5.74, 6) is -0.800. The van der Waals surface area contributed by atoms with Crippen molar-refractivity contribution >= 4 is 46.3 Å². The van der Waals surface area contributed by atoms with Gasteiger partial charge in [-0.25, -0.2) is 4.79 Å². The van der Waals surface area contributed by atoms with Crippen LogP contribution in [-0.4, -0.2) is 39.4 Å². The smallest absolute Gasteiger partial charge is 0.326 e. The average Bonchev–Trinajstić information content (AvgIpc) is 2.76. The monoisotopic (exact) mass is 337 g/mol. The van der Waals surface area contributed by atoms with E-state index in [9.17, 15) is 14.7 Å². The third-order valence-corrected chi connectivity index (χ3v) is 4.56. The molecule has 5 nitrogen and oxygen atoms in total. The zero-order valence-corrected chi connectivity index (χ0v) is 13.7. The summed E-state index contributed by atoms with van der Waals surface area (Å²) in [6.07, 6.45) is 1.97. The molecule has 1 N–H and O–H groups in total. The maximum absolute atomic E-state index is 12.5. The largest absolute Gasteiger partial charge is 0.496 e. The lowest BCUT2D eigenvalue weighted by molar-refractivity contribution is -0.145. The van der Waals surface area contributed by atoms with Gasteiger partial charge in [-0.15, -0.1) is 0 Å². The fraction of sp³-hybridized carbons (Fsp3) is 0.267. The van der Waals surface area contributed by atoms with Gasteiger partial charge in [0.1, 0.15) is 16.1 Å². The molecular weight excluding hydrogens is 322 g/mol. The number of ether oxygens (including phenoxy) is 1.